The second-order valence-corrected chi connectivity index (χ2v) is 10.9. The van der Waals surface area contributed by atoms with E-state index in [1.165, 1.54) is 69.9 Å². The van der Waals surface area contributed by atoms with E-state index in [4.69, 9.17) is 4.74 Å². The molecule has 0 bridgehead atoms. The van der Waals surface area contributed by atoms with Crippen molar-refractivity contribution in [3.8, 4) is 11.8 Å². The Kier molecular flexibility index (Phi) is 16.1. The molecule has 0 aliphatic heterocycles. The molecule has 0 spiro atoms. The van der Waals surface area contributed by atoms with E-state index in [0.717, 1.165) is 61.8 Å². The van der Waals surface area contributed by atoms with Gasteiger partial charge in [-0.2, -0.15) is 15.5 Å². The van der Waals surface area contributed by atoms with Gasteiger partial charge in [0.1, 0.15) is 11.6 Å². The van der Waals surface area contributed by atoms with E-state index in [1.54, 1.807) is 14.2 Å². The van der Waals surface area contributed by atoms with Crippen molar-refractivity contribution in [3.05, 3.63) is 65.5 Å². The number of benzene rings is 2. The van der Waals surface area contributed by atoms with Crippen LogP contribution in [0.5, 0.6) is 5.75 Å². The van der Waals surface area contributed by atoms with E-state index < -0.39 is 5.41 Å². The SMILES string of the molecule is CCCCCCCCCCCCC(C#N)(CCCC(CCc1ccc(F)cc1)N=NC)c1cccc(OC)c1. The summed E-state index contributed by atoms with van der Waals surface area (Å²) in [4.78, 5) is 0. The summed E-state index contributed by atoms with van der Waals surface area (Å²) in [7, 11) is 3.39. The Hall–Kier alpha value is -2.74. The molecular weight excluding hydrogens is 485 g/mol. The van der Waals surface area contributed by atoms with Crippen LogP contribution in [0.1, 0.15) is 114 Å². The first-order chi connectivity index (χ1) is 19.1. The van der Waals surface area contributed by atoms with E-state index in [-0.39, 0.29) is 11.9 Å². The van der Waals surface area contributed by atoms with Crippen LogP contribution in [-0.4, -0.2) is 20.2 Å². The fourth-order valence-electron chi connectivity index (χ4n) is 5.47. The molecule has 0 heterocycles. The number of aryl methyl sites for hydroxylation is 1. The number of nitrogens with zero attached hydrogens (tertiary/aromatic N) is 3. The van der Waals surface area contributed by atoms with Gasteiger partial charge in [-0.25, -0.2) is 4.39 Å². The van der Waals surface area contributed by atoms with Crippen molar-refractivity contribution in [3.63, 3.8) is 0 Å². The fraction of sp³-hybridized carbons (Fsp3) is 0.618. The maximum absolute atomic E-state index is 13.3. The average Bonchev–Trinajstić information content (AvgIpc) is 2.96. The van der Waals surface area contributed by atoms with Gasteiger partial charge in [0, 0.05) is 7.05 Å². The van der Waals surface area contributed by atoms with Crippen LogP contribution in [0.3, 0.4) is 0 Å². The summed E-state index contributed by atoms with van der Waals surface area (Å²) in [6, 6.07) is 17.6. The number of ether oxygens (including phenoxy) is 1. The van der Waals surface area contributed by atoms with E-state index in [0.29, 0.717) is 0 Å². The van der Waals surface area contributed by atoms with Crippen molar-refractivity contribution < 1.29 is 9.13 Å². The van der Waals surface area contributed by atoms with Gasteiger partial charge in [0.05, 0.1) is 24.6 Å². The predicted molar refractivity (Wildman–Crippen MR) is 160 cm³/mol. The molecule has 39 heavy (non-hydrogen) atoms. The zero-order valence-electron chi connectivity index (χ0n) is 24.6. The molecule has 0 fully saturated rings. The van der Waals surface area contributed by atoms with Gasteiger partial charge in [-0.1, -0.05) is 95.4 Å². The van der Waals surface area contributed by atoms with Crippen molar-refractivity contribution in [2.45, 2.75) is 121 Å². The van der Waals surface area contributed by atoms with Gasteiger partial charge in [0.15, 0.2) is 0 Å². The third-order valence-corrected chi connectivity index (χ3v) is 7.89. The first-order valence-electron chi connectivity index (χ1n) is 15.2. The van der Waals surface area contributed by atoms with Gasteiger partial charge in [-0.05, 0) is 73.9 Å². The molecule has 0 N–H and O–H groups in total. The second-order valence-electron chi connectivity index (χ2n) is 10.9. The van der Waals surface area contributed by atoms with E-state index in [9.17, 15) is 9.65 Å². The van der Waals surface area contributed by atoms with Crippen LogP contribution in [0.4, 0.5) is 4.39 Å². The molecular formula is C34H50FN3O. The molecule has 214 valence electrons. The Bertz CT molecular complexity index is 985. The number of unbranched alkanes of at least 4 members (excludes halogenated alkanes) is 9. The minimum atomic E-state index is -0.528. The summed E-state index contributed by atoms with van der Waals surface area (Å²) in [5.74, 6) is 0.587. The quantitative estimate of drug-likeness (QED) is 0.118. The Morgan fingerprint density at radius 1 is 0.872 bits per heavy atom. The zero-order chi connectivity index (χ0) is 28.2. The maximum Gasteiger partial charge on any atom is 0.123 e. The maximum atomic E-state index is 13.3. The molecule has 0 aliphatic rings. The molecule has 0 radical (unpaired) electrons. The van der Waals surface area contributed by atoms with Crippen molar-refractivity contribution in [2.24, 2.45) is 10.2 Å². The van der Waals surface area contributed by atoms with Crippen LogP contribution < -0.4 is 4.74 Å². The number of rotatable bonds is 21. The number of hydrogen-bond acceptors (Lipinski definition) is 4. The Morgan fingerprint density at radius 3 is 2.13 bits per heavy atom. The molecule has 4 nitrogen and oxygen atoms in total. The Labute approximate surface area is 237 Å². The van der Waals surface area contributed by atoms with Crippen molar-refractivity contribution in [1.82, 2.24) is 0 Å². The number of halogens is 1. The molecule has 2 aromatic carbocycles. The highest BCUT2D eigenvalue weighted by molar-refractivity contribution is 5.38. The largest absolute Gasteiger partial charge is 0.497 e. The lowest BCUT2D eigenvalue weighted by Crippen LogP contribution is -2.25. The normalized spacial score (nSPS) is 13.7. The summed E-state index contributed by atoms with van der Waals surface area (Å²) in [5.41, 5.74) is 1.64. The van der Waals surface area contributed by atoms with Gasteiger partial charge in [0.2, 0.25) is 0 Å². The van der Waals surface area contributed by atoms with Crippen LogP contribution in [0, 0.1) is 17.1 Å². The standard InChI is InChI=1S/C34H50FN3O/c1-4-5-6-7-8-9-10-11-12-13-25-34(28-36,30-16-14-18-33(27-30)39-3)26-15-17-32(38-37-2)24-21-29-19-22-31(35)23-20-29/h14,16,18-20,22-23,27,32H,4-13,15,17,21,24-26H2,1-3H3. The molecule has 0 aromatic heterocycles. The van der Waals surface area contributed by atoms with Crippen molar-refractivity contribution >= 4 is 0 Å². The molecule has 2 atom stereocenters. The Morgan fingerprint density at radius 2 is 1.51 bits per heavy atom. The van der Waals surface area contributed by atoms with Crippen LogP contribution in [0.2, 0.25) is 0 Å². The van der Waals surface area contributed by atoms with Gasteiger partial charge in [-0.3, -0.25) is 0 Å². The fourth-order valence-corrected chi connectivity index (χ4v) is 5.47. The lowest BCUT2D eigenvalue weighted by Gasteiger charge is -2.28. The molecule has 0 saturated heterocycles. The minimum Gasteiger partial charge on any atom is -0.497 e. The van der Waals surface area contributed by atoms with Gasteiger partial charge in [0.25, 0.3) is 0 Å². The third-order valence-electron chi connectivity index (χ3n) is 7.89. The first kappa shape index (κ1) is 32.5. The average molecular weight is 536 g/mol. The first-order valence-corrected chi connectivity index (χ1v) is 15.2. The number of azo groups is 1. The van der Waals surface area contributed by atoms with Gasteiger partial charge >= 0.3 is 0 Å². The monoisotopic (exact) mass is 535 g/mol. The molecule has 0 aliphatic carbocycles. The summed E-state index contributed by atoms with van der Waals surface area (Å²) >= 11 is 0. The third kappa shape index (κ3) is 12.3. The molecule has 2 unspecified atom stereocenters. The second kappa shape index (κ2) is 19.3. The molecule has 2 aromatic rings. The summed E-state index contributed by atoms with van der Waals surface area (Å²) in [6.07, 6.45) is 18.0. The highest BCUT2D eigenvalue weighted by Crippen LogP contribution is 2.37. The highest BCUT2D eigenvalue weighted by atomic mass is 19.1. The summed E-state index contributed by atoms with van der Waals surface area (Å²) in [6.45, 7) is 2.26. The zero-order valence-corrected chi connectivity index (χ0v) is 24.6. The molecule has 2 rings (SSSR count). The lowest BCUT2D eigenvalue weighted by atomic mass is 9.73. The van der Waals surface area contributed by atoms with E-state index in [1.807, 2.05) is 30.3 Å². The van der Waals surface area contributed by atoms with Crippen molar-refractivity contribution in [1.29, 1.82) is 5.26 Å². The Balaban J connectivity index is 1.94. The van der Waals surface area contributed by atoms with Gasteiger partial charge < -0.3 is 4.74 Å². The van der Waals surface area contributed by atoms with Crippen LogP contribution >= 0.6 is 0 Å². The molecule has 5 heteroatoms. The number of nitriles is 1. The van der Waals surface area contributed by atoms with Crippen LogP contribution in [0.25, 0.3) is 0 Å². The smallest absolute Gasteiger partial charge is 0.123 e. The van der Waals surface area contributed by atoms with Gasteiger partial charge in [-0.15, -0.1) is 0 Å². The topological polar surface area (TPSA) is 57.7 Å². The lowest BCUT2D eigenvalue weighted by molar-refractivity contribution is 0.392. The van der Waals surface area contributed by atoms with E-state index in [2.05, 4.69) is 29.3 Å². The van der Waals surface area contributed by atoms with Crippen LogP contribution in [0.15, 0.2) is 58.8 Å². The van der Waals surface area contributed by atoms with Crippen LogP contribution in [-0.2, 0) is 11.8 Å². The highest BCUT2D eigenvalue weighted by Gasteiger charge is 2.32. The van der Waals surface area contributed by atoms with Crippen molar-refractivity contribution in [2.75, 3.05) is 14.2 Å². The number of methoxy groups -OCH3 is 1. The number of hydrogen-bond donors (Lipinski definition) is 0. The minimum absolute atomic E-state index is 0.0964. The van der Waals surface area contributed by atoms with E-state index >= 15 is 0 Å². The molecule has 0 saturated carbocycles. The summed E-state index contributed by atoms with van der Waals surface area (Å²) in [5, 5.41) is 19.1. The molecule has 0 amide bonds. The summed E-state index contributed by atoms with van der Waals surface area (Å²) < 4.78 is 18.8. The predicted octanol–water partition coefficient (Wildman–Crippen LogP) is 10.2.